The van der Waals surface area contributed by atoms with Crippen molar-refractivity contribution in [3.63, 3.8) is 0 Å². The van der Waals surface area contributed by atoms with Crippen molar-refractivity contribution in [1.82, 2.24) is 4.57 Å². The molecule has 0 unspecified atom stereocenters. The summed E-state index contributed by atoms with van der Waals surface area (Å²) >= 11 is 6.34. The monoisotopic (exact) mass is 332 g/mol. The smallest absolute Gasteiger partial charge is 0.326 e. The van der Waals surface area contributed by atoms with Crippen molar-refractivity contribution in [2.24, 2.45) is 4.99 Å². The molecule has 2 N–H and O–H groups in total. The van der Waals surface area contributed by atoms with E-state index in [4.69, 9.17) is 17.3 Å². The number of carboxylic acids is 1. The molecule has 1 aromatic heterocycles. The van der Waals surface area contributed by atoms with Gasteiger partial charge in [0.15, 0.2) is 3.95 Å². The summed E-state index contributed by atoms with van der Waals surface area (Å²) in [6, 6.07) is 6.76. The molecule has 5 nitrogen and oxygen atoms in total. The molecule has 22 heavy (non-hydrogen) atoms. The average molecular weight is 332 g/mol. The van der Waals surface area contributed by atoms with Gasteiger partial charge in [0.2, 0.25) is 5.88 Å². The zero-order valence-corrected chi connectivity index (χ0v) is 13.2. The standard InChI is InChI=1S/C15H12N2O3S2/c1-8(14(19)20)17-13(18)12(22-15(17)21)6-9-7-16-11-5-3-2-4-10(9)11/h2-8,18H,1H3,(H,19,20)/t8-/m0/s1. The molecule has 0 radical (unpaired) electrons. The van der Waals surface area contributed by atoms with Crippen LogP contribution in [0.5, 0.6) is 5.88 Å². The highest BCUT2D eigenvalue weighted by atomic mass is 32.1. The summed E-state index contributed by atoms with van der Waals surface area (Å²) in [7, 11) is 0. The molecular formula is C15H12N2O3S2. The van der Waals surface area contributed by atoms with Gasteiger partial charge < -0.3 is 10.2 Å². The van der Waals surface area contributed by atoms with Crippen LogP contribution in [0.25, 0.3) is 11.6 Å². The predicted molar refractivity (Wildman–Crippen MR) is 89.6 cm³/mol. The lowest BCUT2D eigenvalue weighted by molar-refractivity contribution is -0.140. The zero-order chi connectivity index (χ0) is 15.9. The fourth-order valence-electron chi connectivity index (χ4n) is 2.24. The van der Waals surface area contributed by atoms with Crippen LogP contribution in [0.2, 0.25) is 0 Å². The maximum absolute atomic E-state index is 11.1. The van der Waals surface area contributed by atoms with Gasteiger partial charge in [-0.1, -0.05) is 18.2 Å². The van der Waals surface area contributed by atoms with Gasteiger partial charge in [-0.25, -0.2) is 4.79 Å². The molecule has 1 aliphatic heterocycles. The maximum Gasteiger partial charge on any atom is 0.326 e. The number of carboxylic acid groups (broad SMARTS) is 1. The Morgan fingerprint density at radius 1 is 1.45 bits per heavy atom. The Balaban J connectivity index is 2.07. The van der Waals surface area contributed by atoms with Gasteiger partial charge in [0, 0.05) is 17.4 Å². The number of hydrogen-bond donors (Lipinski definition) is 2. The van der Waals surface area contributed by atoms with E-state index in [1.165, 1.54) is 22.8 Å². The van der Waals surface area contributed by atoms with Crippen molar-refractivity contribution in [3.05, 3.63) is 38.7 Å². The van der Waals surface area contributed by atoms with Gasteiger partial charge in [-0.15, -0.1) is 11.3 Å². The fourth-order valence-corrected chi connectivity index (χ4v) is 3.66. The number of aromatic hydroxyl groups is 1. The van der Waals surface area contributed by atoms with Gasteiger partial charge in [-0.05, 0) is 31.3 Å². The molecule has 0 saturated heterocycles. The zero-order valence-electron chi connectivity index (χ0n) is 11.6. The van der Waals surface area contributed by atoms with Crippen LogP contribution >= 0.6 is 23.6 Å². The van der Waals surface area contributed by atoms with Gasteiger partial charge in [0.1, 0.15) is 6.04 Å². The quantitative estimate of drug-likeness (QED) is 0.836. The Morgan fingerprint density at radius 2 is 2.18 bits per heavy atom. The summed E-state index contributed by atoms with van der Waals surface area (Å²) in [6.45, 7) is 1.48. The average Bonchev–Trinajstić information content (AvgIpc) is 3.01. The Kier molecular flexibility index (Phi) is 3.67. The molecule has 0 bridgehead atoms. The first kappa shape index (κ1) is 14.7. The third-order valence-corrected chi connectivity index (χ3v) is 4.77. The van der Waals surface area contributed by atoms with E-state index in [1.54, 1.807) is 12.3 Å². The van der Waals surface area contributed by atoms with Gasteiger partial charge in [0.05, 0.1) is 10.6 Å². The maximum atomic E-state index is 11.1. The highest BCUT2D eigenvalue weighted by Gasteiger charge is 2.21. The Morgan fingerprint density at radius 3 is 2.91 bits per heavy atom. The number of carbonyl (C=O) groups is 1. The first-order chi connectivity index (χ1) is 10.5. The number of thiazole rings is 1. The van der Waals surface area contributed by atoms with Crippen molar-refractivity contribution in [2.75, 3.05) is 0 Å². The Hall–Kier alpha value is -2.25. The summed E-state index contributed by atoms with van der Waals surface area (Å²) < 4.78 is 1.56. The summed E-state index contributed by atoms with van der Waals surface area (Å²) in [5.41, 5.74) is 2.70. The molecule has 2 heterocycles. The molecule has 1 aromatic carbocycles. The van der Waals surface area contributed by atoms with Crippen LogP contribution in [-0.2, 0) is 4.79 Å². The molecule has 1 aliphatic rings. The Labute approximate surface area is 135 Å². The summed E-state index contributed by atoms with van der Waals surface area (Å²) in [6.07, 6.45) is 3.49. The molecule has 112 valence electrons. The predicted octanol–water partition coefficient (Wildman–Crippen LogP) is 3.89. The summed E-state index contributed by atoms with van der Waals surface area (Å²) in [5.74, 6) is -1.17. The van der Waals surface area contributed by atoms with Crippen molar-refractivity contribution < 1.29 is 15.0 Å². The number of hydrogen-bond acceptors (Lipinski definition) is 5. The van der Waals surface area contributed by atoms with E-state index >= 15 is 0 Å². The second-order valence-electron chi connectivity index (χ2n) is 4.82. The summed E-state index contributed by atoms with van der Waals surface area (Å²) in [5, 5.41) is 19.4. The van der Waals surface area contributed by atoms with E-state index in [-0.39, 0.29) is 5.88 Å². The van der Waals surface area contributed by atoms with Crippen LogP contribution in [0.1, 0.15) is 23.4 Å². The first-order valence-electron chi connectivity index (χ1n) is 6.51. The number of aromatic nitrogens is 1. The molecule has 1 atom stereocenters. The molecular weight excluding hydrogens is 320 g/mol. The van der Waals surface area contributed by atoms with Crippen LogP contribution in [0.15, 0.2) is 29.3 Å². The van der Waals surface area contributed by atoms with Crippen molar-refractivity contribution in [3.8, 4) is 5.88 Å². The minimum Gasteiger partial charge on any atom is -0.493 e. The van der Waals surface area contributed by atoms with Crippen LogP contribution in [-0.4, -0.2) is 27.0 Å². The fraction of sp³-hybridized carbons (Fsp3) is 0.133. The second-order valence-corrected chi connectivity index (χ2v) is 6.49. The van der Waals surface area contributed by atoms with E-state index in [0.717, 1.165) is 16.8 Å². The molecule has 7 heteroatoms. The molecule has 0 amide bonds. The second kappa shape index (κ2) is 5.51. The van der Waals surface area contributed by atoms with E-state index in [2.05, 4.69) is 4.99 Å². The van der Waals surface area contributed by atoms with Crippen LogP contribution < -0.4 is 0 Å². The van der Waals surface area contributed by atoms with E-state index in [1.807, 2.05) is 24.3 Å². The highest BCUT2D eigenvalue weighted by Crippen LogP contribution is 2.36. The van der Waals surface area contributed by atoms with Crippen molar-refractivity contribution >= 4 is 53.1 Å². The SMILES string of the molecule is C[C@@H](C(=O)O)n1c(O)c(C=C2C=Nc3ccccc32)sc1=S. The number of aliphatic carboxylic acids is 1. The lowest BCUT2D eigenvalue weighted by Crippen LogP contribution is -2.14. The van der Waals surface area contributed by atoms with Gasteiger partial charge in [0.25, 0.3) is 0 Å². The lowest BCUT2D eigenvalue weighted by Gasteiger charge is -2.09. The van der Waals surface area contributed by atoms with E-state index in [0.29, 0.717) is 8.83 Å². The molecule has 0 aliphatic carbocycles. The number of para-hydroxylation sites is 1. The number of allylic oxidation sites excluding steroid dienone is 1. The largest absolute Gasteiger partial charge is 0.493 e. The minimum absolute atomic E-state index is 0.129. The third-order valence-electron chi connectivity index (χ3n) is 3.43. The van der Waals surface area contributed by atoms with Gasteiger partial charge in [-0.3, -0.25) is 9.56 Å². The van der Waals surface area contributed by atoms with E-state index in [9.17, 15) is 9.90 Å². The molecule has 0 spiro atoms. The number of rotatable bonds is 3. The third kappa shape index (κ3) is 2.38. The van der Waals surface area contributed by atoms with Crippen LogP contribution in [0.4, 0.5) is 5.69 Å². The number of aliphatic imine (C=N–C) groups is 1. The summed E-state index contributed by atoms with van der Waals surface area (Å²) in [4.78, 5) is 15.9. The first-order valence-corrected chi connectivity index (χ1v) is 7.74. The number of benzene rings is 1. The van der Waals surface area contributed by atoms with Gasteiger partial charge >= 0.3 is 5.97 Å². The van der Waals surface area contributed by atoms with Crippen LogP contribution in [0.3, 0.4) is 0 Å². The van der Waals surface area contributed by atoms with E-state index < -0.39 is 12.0 Å². The van der Waals surface area contributed by atoms with Crippen LogP contribution in [0, 0.1) is 3.95 Å². The topological polar surface area (TPSA) is 74.8 Å². The highest BCUT2D eigenvalue weighted by molar-refractivity contribution is 7.73. The molecule has 0 fully saturated rings. The molecule has 3 rings (SSSR count). The molecule has 2 aromatic rings. The molecule has 0 saturated carbocycles. The Bertz CT molecular complexity index is 877. The normalized spacial score (nSPS) is 16.0. The lowest BCUT2D eigenvalue weighted by atomic mass is 10.1. The number of fused-ring (bicyclic) bond motifs is 1. The number of nitrogens with zero attached hydrogens (tertiary/aromatic N) is 2. The minimum atomic E-state index is -1.05. The van der Waals surface area contributed by atoms with Crippen molar-refractivity contribution in [1.29, 1.82) is 0 Å². The van der Waals surface area contributed by atoms with Gasteiger partial charge in [-0.2, -0.15) is 0 Å². The van der Waals surface area contributed by atoms with Crippen molar-refractivity contribution in [2.45, 2.75) is 13.0 Å².